The zero-order chi connectivity index (χ0) is 14.6. The maximum Gasteiger partial charge on any atom is 0.433 e. The fourth-order valence-electron chi connectivity index (χ4n) is 1.57. The second-order valence-electron chi connectivity index (χ2n) is 3.73. The van der Waals surface area contributed by atoms with E-state index in [9.17, 15) is 13.2 Å². The van der Waals surface area contributed by atoms with Crippen LogP contribution in [0.1, 0.15) is 18.2 Å². The number of halogens is 3. The molecule has 0 unspecified atom stereocenters. The first kappa shape index (κ1) is 15.6. The number of pyridine rings is 1. The molecule has 0 saturated carbocycles. The number of alkyl halides is 3. The highest BCUT2D eigenvalue weighted by atomic mass is 32.1. The summed E-state index contributed by atoms with van der Waals surface area (Å²) in [7, 11) is 0. The van der Waals surface area contributed by atoms with Gasteiger partial charge in [0.1, 0.15) is 16.5 Å². The molecule has 0 saturated heterocycles. The van der Waals surface area contributed by atoms with Gasteiger partial charge in [0.2, 0.25) is 0 Å². The molecular weight excluding hydrogens is 279 g/mol. The van der Waals surface area contributed by atoms with E-state index in [1.54, 1.807) is 6.92 Å². The Morgan fingerprint density at radius 2 is 2.11 bits per heavy atom. The predicted molar refractivity (Wildman–Crippen MR) is 70.1 cm³/mol. The van der Waals surface area contributed by atoms with Gasteiger partial charge in [0.25, 0.3) is 0 Å². The van der Waals surface area contributed by atoms with Crippen LogP contribution in [0.25, 0.3) is 0 Å². The van der Waals surface area contributed by atoms with Gasteiger partial charge in [0.15, 0.2) is 0 Å². The van der Waals surface area contributed by atoms with Gasteiger partial charge in [-0.2, -0.15) is 13.2 Å². The number of rotatable bonds is 5. The van der Waals surface area contributed by atoms with Crippen molar-refractivity contribution in [3.8, 4) is 0 Å². The van der Waals surface area contributed by atoms with E-state index in [-0.39, 0.29) is 29.5 Å². The van der Waals surface area contributed by atoms with Gasteiger partial charge in [0, 0.05) is 13.1 Å². The fraction of sp³-hybridized carbons (Fsp3) is 0.455. The normalized spacial score (nSPS) is 11.4. The third-order valence-electron chi connectivity index (χ3n) is 2.48. The van der Waals surface area contributed by atoms with Crippen LogP contribution in [0, 0.1) is 0 Å². The van der Waals surface area contributed by atoms with E-state index in [0.29, 0.717) is 6.54 Å². The molecule has 1 aromatic rings. The number of aliphatic hydroxyl groups is 1. The molecule has 19 heavy (non-hydrogen) atoms. The molecule has 0 aliphatic rings. The highest BCUT2D eigenvalue weighted by molar-refractivity contribution is 7.80. The van der Waals surface area contributed by atoms with Crippen molar-refractivity contribution in [3.63, 3.8) is 0 Å². The minimum atomic E-state index is -4.54. The Labute approximate surface area is 114 Å². The number of nitrogens with zero attached hydrogens (tertiary/aromatic N) is 2. The van der Waals surface area contributed by atoms with Crippen LogP contribution in [-0.4, -0.2) is 34.8 Å². The number of anilines is 1. The molecule has 0 spiro atoms. The minimum absolute atomic E-state index is 0.0346. The fourth-order valence-corrected chi connectivity index (χ4v) is 1.73. The van der Waals surface area contributed by atoms with Crippen LogP contribution < -0.4 is 10.6 Å². The van der Waals surface area contributed by atoms with Gasteiger partial charge in [-0.05, 0) is 19.1 Å². The van der Waals surface area contributed by atoms with Crippen LogP contribution in [0.4, 0.5) is 19.0 Å². The second-order valence-corrected chi connectivity index (χ2v) is 4.17. The van der Waals surface area contributed by atoms with Gasteiger partial charge in [0.05, 0.1) is 12.2 Å². The molecule has 8 heteroatoms. The molecule has 106 valence electrons. The zero-order valence-electron chi connectivity index (χ0n) is 10.2. The monoisotopic (exact) mass is 293 g/mol. The Bertz CT molecular complexity index is 465. The lowest BCUT2D eigenvalue weighted by molar-refractivity contribution is -0.141. The first-order chi connectivity index (χ1) is 8.81. The lowest BCUT2D eigenvalue weighted by Crippen LogP contribution is -2.30. The molecule has 3 N–H and O–H groups in total. The quantitative estimate of drug-likeness (QED) is 0.807. The van der Waals surface area contributed by atoms with E-state index in [1.807, 2.05) is 0 Å². The van der Waals surface area contributed by atoms with Gasteiger partial charge in [-0.1, -0.05) is 12.2 Å². The SMILES string of the molecule is CCN(CCO)c1nc(C(F)(F)F)ccc1C(N)=S. The number of aliphatic hydroxyl groups excluding tert-OH is 1. The number of hydrogen-bond donors (Lipinski definition) is 2. The summed E-state index contributed by atoms with van der Waals surface area (Å²) in [5.74, 6) is 0.0406. The van der Waals surface area contributed by atoms with Crippen LogP contribution in [0.3, 0.4) is 0 Å². The number of nitrogens with two attached hydrogens (primary N) is 1. The van der Waals surface area contributed by atoms with Gasteiger partial charge >= 0.3 is 6.18 Å². The van der Waals surface area contributed by atoms with Gasteiger partial charge < -0.3 is 15.7 Å². The highest BCUT2D eigenvalue weighted by Crippen LogP contribution is 2.30. The van der Waals surface area contributed by atoms with E-state index in [4.69, 9.17) is 23.1 Å². The van der Waals surface area contributed by atoms with Crippen LogP contribution in [0.5, 0.6) is 0 Å². The van der Waals surface area contributed by atoms with Crippen molar-refractivity contribution < 1.29 is 18.3 Å². The van der Waals surface area contributed by atoms with Gasteiger partial charge in [-0.15, -0.1) is 0 Å². The van der Waals surface area contributed by atoms with E-state index in [2.05, 4.69) is 4.98 Å². The Balaban J connectivity index is 3.33. The molecule has 0 aliphatic carbocycles. The molecule has 1 aromatic heterocycles. The van der Waals surface area contributed by atoms with Gasteiger partial charge in [-0.3, -0.25) is 0 Å². The maximum absolute atomic E-state index is 12.7. The van der Waals surface area contributed by atoms with Crippen molar-refractivity contribution in [1.29, 1.82) is 0 Å². The van der Waals surface area contributed by atoms with Crippen LogP contribution in [-0.2, 0) is 6.18 Å². The summed E-state index contributed by atoms with van der Waals surface area (Å²) in [6, 6.07) is 2.04. The largest absolute Gasteiger partial charge is 0.433 e. The molecule has 0 aromatic carbocycles. The van der Waals surface area contributed by atoms with Crippen molar-refractivity contribution >= 4 is 23.0 Å². The molecule has 0 atom stereocenters. The molecule has 0 bridgehead atoms. The standard InChI is InChI=1S/C11H14F3N3OS/c1-2-17(5-6-18)10-7(9(15)19)3-4-8(16-10)11(12,13)14/h3-4,18H,2,5-6H2,1H3,(H2,15,19). The van der Waals surface area contributed by atoms with E-state index in [0.717, 1.165) is 6.07 Å². The van der Waals surface area contributed by atoms with Crippen molar-refractivity contribution in [1.82, 2.24) is 4.98 Å². The van der Waals surface area contributed by atoms with Crippen molar-refractivity contribution in [2.45, 2.75) is 13.1 Å². The third kappa shape index (κ3) is 3.77. The number of hydrogen-bond acceptors (Lipinski definition) is 4. The molecule has 1 heterocycles. The van der Waals surface area contributed by atoms with Crippen molar-refractivity contribution in [3.05, 3.63) is 23.4 Å². The lowest BCUT2D eigenvalue weighted by Gasteiger charge is -2.24. The molecular formula is C11H14F3N3OS. The summed E-state index contributed by atoms with van der Waals surface area (Å²) in [6.07, 6.45) is -4.54. The van der Waals surface area contributed by atoms with Crippen molar-refractivity contribution in [2.24, 2.45) is 5.73 Å². The van der Waals surface area contributed by atoms with Crippen LogP contribution >= 0.6 is 12.2 Å². The smallest absolute Gasteiger partial charge is 0.395 e. The summed E-state index contributed by atoms with van der Waals surface area (Å²) >= 11 is 4.80. The van der Waals surface area contributed by atoms with E-state index >= 15 is 0 Å². The number of aromatic nitrogens is 1. The van der Waals surface area contributed by atoms with Crippen LogP contribution in [0.2, 0.25) is 0 Å². The molecule has 1 rings (SSSR count). The average molecular weight is 293 g/mol. The molecule has 0 aliphatic heterocycles. The summed E-state index contributed by atoms with van der Waals surface area (Å²) in [4.78, 5) is 5.03. The zero-order valence-corrected chi connectivity index (χ0v) is 11.1. The van der Waals surface area contributed by atoms with Gasteiger partial charge in [-0.25, -0.2) is 4.98 Å². The molecule has 0 fully saturated rings. The molecule has 0 radical (unpaired) electrons. The summed E-state index contributed by atoms with van der Waals surface area (Å²) in [6.45, 7) is 2.06. The third-order valence-corrected chi connectivity index (χ3v) is 2.70. The number of thiocarbonyl (C=S) groups is 1. The molecule has 0 amide bonds. The van der Waals surface area contributed by atoms with Crippen molar-refractivity contribution in [2.75, 3.05) is 24.6 Å². The summed E-state index contributed by atoms with van der Waals surface area (Å²) in [5, 5.41) is 8.93. The maximum atomic E-state index is 12.7. The Morgan fingerprint density at radius 3 is 2.53 bits per heavy atom. The van der Waals surface area contributed by atoms with E-state index in [1.165, 1.54) is 11.0 Å². The second kappa shape index (κ2) is 6.16. The van der Waals surface area contributed by atoms with Crippen LogP contribution in [0.15, 0.2) is 12.1 Å². The van der Waals surface area contributed by atoms with E-state index < -0.39 is 11.9 Å². The highest BCUT2D eigenvalue weighted by Gasteiger charge is 2.33. The Morgan fingerprint density at radius 1 is 1.47 bits per heavy atom. The summed E-state index contributed by atoms with van der Waals surface area (Å²) in [5.41, 5.74) is 4.73. The topological polar surface area (TPSA) is 62.4 Å². The molecule has 4 nitrogen and oxygen atoms in total. The summed E-state index contributed by atoms with van der Waals surface area (Å²) < 4.78 is 38.0. The first-order valence-electron chi connectivity index (χ1n) is 5.55. The minimum Gasteiger partial charge on any atom is -0.395 e. The first-order valence-corrected chi connectivity index (χ1v) is 5.96. The predicted octanol–water partition coefficient (Wildman–Crippen LogP) is 1.55. The number of likely N-dealkylation sites (N-methyl/N-ethyl adjacent to an activating group) is 1. The average Bonchev–Trinajstić information content (AvgIpc) is 2.34. The lowest BCUT2D eigenvalue weighted by atomic mass is 10.2. The Kier molecular flexibility index (Phi) is 5.07. The Hall–Kier alpha value is -1.41.